The summed E-state index contributed by atoms with van der Waals surface area (Å²) in [5.74, 6) is 0.845. The predicted octanol–water partition coefficient (Wildman–Crippen LogP) is 2.45. The number of nitrogens with zero attached hydrogens (tertiary/aromatic N) is 4. The summed E-state index contributed by atoms with van der Waals surface area (Å²) in [6.07, 6.45) is 7.26. The number of hydrogen-bond acceptors (Lipinski definition) is 4. The van der Waals surface area contributed by atoms with Gasteiger partial charge >= 0.3 is 0 Å². The zero-order chi connectivity index (χ0) is 17.1. The van der Waals surface area contributed by atoms with Crippen LogP contribution in [0, 0.1) is 6.92 Å². The molecule has 2 N–H and O–H groups in total. The molecule has 1 aliphatic carbocycles. The first-order valence-corrected chi connectivity index (χ1v) is 9.32. The first-order chi connectivity index (χ1) is 11.5. The van der Waals surface area contributed by atoms with E-state index in [1.54, 1.807) is 11.3 Å². The van der Waals surface area contributed by atoms with E-state index in [0.717, 1.165) is 36.8 Å². The van der Waals surface area contributed by atoms with E-state index in [2.05, 4.69) is 45.3 Å². The first-order valence-electron chi connectivity index (χ1n) is 8.50. The molecule has 0 aliphatic heterocycles. The summed E-state index contributed by atoms with van der Waals surface area (Å²) in [4.78, 5) is 9.85. The number of rotatable bonds is 4. The second-order valence-corrected chi connectivity index (χ2v) is 7.85. The van der Waals surface area contributed by atoms with Crippen LogP contribution in [-0.4, -0.2) is 33.8 Å². The number of hydrogen-bond donors (Lipinski definition) is 2. The summed E-state index contributed by atoms with van der Waals surface area (Å²) in [7, 11) is 1.81. The number of thiazole rings is 1. The molecule has 0 spiro atoms. The zero-order valence-electron chi connectivity index (χ0n) is 14.8. The lowest BCUT2D eigenvalue weighted by molar-refractivity contribution is 0.499. The molecule has 0 radical (unpaired) electrons. The lowest BCUT2D eigenvalue weighted by atomic mass is 9.94. The second-order valence-electron chi connectivity index (χ2n) is 6.53. The van der Waals surface area contributed by atoms with E-state index in [-0.39, 0.29) is 0 Å². The monoisotopic (exact) mass is 346 g/mol. The third-order valence-corrected chi connectivity index (χ3v) is 5.20. The van der Waals surface area contributed by atoms with Crippen molar-refractivity contribution in [2.45, 2.75) is 58.7 Å². The van der Waals surface area contributed by atoms with Crippen LogP contribution in [0.15, 0.2) is 17.4 Å². The molecule has 7 heteroatoms. The van der Waals surface area contributed by atoms with Gasteiger partial charge < -0.3 is 10.6 Å². The van der Waals surface area contributed by atoms with E-state index in [9.17, 15) is 0 Å². The minimum absolute atomic E-state index is 0.377. The Bertz CT molecular complexity index is 714. The third kappa shape index (κ3) is 3.95. The number of fused-ring (bicyclic) bond motifs is 1. The van der Waals surface area contributed by atoms with Gasteiger partial charge in [0.2, 0.25) is 0 Å². The van der Waals surface area contributed by atoms with Crippen LogP contribution in [-0.2, 0) is 19.4 Å². The molecule has 1 atom stereocenters. The van der Waals surface area contributed by atoms with Gasteiger partial charge in [0.25, 0.3) is 0 Å². The molecule has 0 saturated carbocycles. The summed E-state index contributed by atoms with van der Waals surface area (Å²) in [6.45, 7) is 7.12. The maximum atomic E-state index is 4.74. The van der Waals surface area contributed by atoms with Gasteiger partial charge in [-0.15, -0.1) is 11.3 Å². The van der Waals surface area contributed by atoms with Gasteiger partial charge in [-0.25, -0.2) is 4.98 Å². The number of aromatic nitrogens is 3. The Labute approximate surface area is 147 Å². The summed E-state index contributed by atoms with van der Waals surface area (Å²) in [5.41, 5.74) is 2.62. The molecule has 24 heavy (non-hydrogen) atoms. The quantitative estimate of drug-likeness (QED) is 0.659. The average Bonchev–Trinajstić information content (AvgIpc) is 3.17. The molecule has 2 heterocycles. The van der Waals surface area contributed by atoms with Crippen molar-refractivity contribution in [2.75, 3.05) is 7.05 Å². The molecule has 2 aromatic heterocycles. The largest absolute Gasteiger partial charge is 0.353 e. The van der Waals surface area contributed by atoms with Crippen molar-refractivity contribution in [3.05, 3.63) is 33.5 Å². The van der Waals surface area contributed by atoms with E-state index in [1.807, 2.05) is 20.2 Å². The lowest BCUT2D eigenvalue weighted by Gasteiger charge is -2.24. The first kappa shape index (κ1) is 17.0. The van der Waals surface area contributed by atoms with Gasteiger partial charge in [-0.3, -0.25) is 9.67 Å². The Hall–Kier alpha value is -1.89. The van der Waals surface area contributed by atoms with Crippen LogP contribution in [0.4, 0.5) is 0 Å². The average molecular weight is 347 g/mol. The maximum absolute atomic E-state index is 4.74. The van der Waals surface area contributed by atoms with Crippen LogP contribution in [0.25, 0.3) is 0 Å². The maximum Gasteiger partial charge on any atom is 0.191 e. The van der Waals surface area contributed by atoms with Crippen molar-refractivity contribution >= 4 is 17.3 Å². The standard InChI is InChI=1S/C17H26N6S/c1-11(2)23-10-13-5-6-14(7-16(13)22-23)21-17(18-4)20-9-15-8-19-12(3)24-15/h8,10-11,14H,5-7,9H2,1-4H3,(H2,18,20,21). The molecule has 0 fully saturated rings. The normalized spacial score (nSPS) is 17.9. The van der Waals surface area contributed by atoms with Crippen LogP contribution in [0.3, 0.4) is 0 Å². The SMILES string of the molecule is CN=C(NCc1cnc(C)s1)NC1CCc2cn(C(C)C)nc2C1. The van der Waals surface area contributed by atoms with Gasteiger partial charge in [-0.2, -0.15) is 5.10 Å². The Morgan fingerprint density at radius 1 is 1.50 bits per heavy atom. The topological polar surface area (TPSA) is 67.1 Å². The molecule has 0 bridgehead atoms. The van der Waals surface area contributed by atoms with E-state index >= 15 is 0 Å². The third-order valence-electron chi connectivity index (χ3n) is 4.29. The number of nitrogens with one attached hydrogen (secondary N) is 2. The fourth-order valence-electron chi connectivity index (χ4n) is 2.95. The van der Waals surface area contributed by atoms with Gasteiger partial charge in [0.15, 0.2) is 5.96 Å². The molecule has 6 nitrogen and oxygen atoms in total. The van der Waals surface area contributed by atoms with Crippen molar-refractivity contribution in [3.63, 3.8) is 0 Å². The van der Waals surface area contributed by atoms with Crippen molar-refractivity contribution < 1.29 is 0 Å². The van der Waals surface area contributed by atoms with Crippen molar-refractivity contribution in [1.29, 1.82) is 0 Å². The number of aryl methyl sites for hydroxylation is 2. The number of aliphatic imine (C=N–C) groups is 1. The molecule has 0 aromatic carbocycles. The fraction of sp³-hybridized carbons (Fsp3) is 0.588. The van der Waals surface area contributed by atoms with E-state index in [4.69, 9.17) is 5.10 Å². The highest BCUT2D eigenvalue weighted by Gasteiger charge is 2.23. The minimum Gasteiger partial charge on any atom is -0.353 e. The van der Waals surface area contributed by atoms with Crippen LogP contribution in [0.5, 0.6) is 0 Å². The van der Waals surface area contributed by atoms with Crippen molar-refractivity contribution in [2.24, 2.45) is 4.99 Å². The Morgan fingerprint density at radius 2 is 2.33 bits per heavy atom. The summed E-state index contributed by atoms with van der Waals surface area (Å²) < 4.78 is 2.08. The van der Waals surface area contributed by atoms with Gasteiger partial charge in [0.05, 0.1) is 17.2 Å². The van der Waals surface area contributed by atoms with Crippen molar-refractivity contribution in [3.8, 4) is 0 Å². The van der Waals surface area contributed by atoms with E-state index in [0.29, 0.717) is 12.1 Å². The van der Waals surface area contributed by atoms with Gasteiger partial charge in [0, 0.05) is 42.8 Å². The highest BCUT2D eigenvalue weighted by atomic mass is 32.1. The summed E-state index contributed by atoms with van der Waals surface area (Å²) >= 11 is 1.71. The van der Waals surface area contributed by atoms with Crippen LogP contribution in [0.1, 0.15) is 47.5 Å². The minimum atomic E-state index is 0.377. The van der Waals surface area contributed by atoms with Crippen LogP contribution in [0.2, 0.25) is 0 Å². The van der Waals surface area contributed by atoms with Gasteiger partial charge in [0.1, 0.15) is 0 Å². The van der Waals surface area contributed by atoms with E-state index < -0.39 is 0 Å². The molecule has 130 valence electrons. The summed E-state index contributed by atoms with van der Waals surface area (Å²) in [5, 5.41) is 12.7. The molecule has 3 rings (SSSR count). The van der Waals surface area contributed by atoms with Gasteiger partial charge in [-0.1, -0.05) is 0 Å². The number of guanidine groups is 1. The molecule has 1 unspecified atom stereocenters. The Morgan fingerprint density at radius 3 is 3.00 bits per heavy atom. The van der Waals surface area contributed by atoms with Crippen LogP contribution >= 0.6 is 11.3 Å². The fourth-order valence-corrected chi connectivity index (χ4v) is 3.68. The van der Waals surface area contributed by atoms with E-state index in [1.165, 1.54) is 16.1 Å². The molecule has 2 aromatic rings. The Kier molecular flexibility index (Phi) is 5.18. The molecular formula is C17H26N6S. The van der Waals surface area contributed by atoms with Crippen LogP contribution < -0.4 is 10.6 Å². The molecule has 0 amide bonds. The molecular weight excluding hydrogens is 320 g/mol. The smallest absolute Gasteiger partial charge is 0.191 e. The molecule has 1 aliphatic rings. The molecule has 0 saturated heterocycles. The second kappa shape index (κ2) is 7.34. The Balaban J connectivity index is 1.56. The highest BCUT2D eigenvalue weighted by molar-refractivity contribution is 7.11. The summed E-state index contributed by atoms with van der Waals surface area (Å²) in [6, 6.07) is 0.793. The lowest BCUT2D eigenvalue weighted by Crippen LogP contribution is -2.45. The highest BCUT2D eigenvalue weighted by Crippen LogP contribution is 2.21. The predicted molar refractivity (Wildman–Crippen MR) is 98.6 cm³/mol. The zero-order valence-corrected chi connectivity index (χ0v) is 15.7. The van der Waals surface area contributed by atoms with Crippen molar-refractivity contribution in [1.82, 2.24) is 25.4 Å². The van der Waals surface area contributed by atoms with Gasteiger partial charge in [-0.05, 0) is 39.2 Å².